The average Bonchev–Trinajstić information content (AvgIpc) is 3.03. The van der Waals surface area contributed by atoms with Gasteiger partial charge in [0.25, 0.3) is 0 Å². The minimum absolute atomic E-state index is 0.0511. The zero-order valence-corrected chi connectivity index (χ0v) is 13.4. The van der Waals surface area contributed by atoms with Crippen LogP contribution in [0.1, 0.15) is 24.8 Å². The van der Waals surface area contributed by atoms with Crippen LogP contribution in [0, 0.1) is 5.41 Å². The van der Waals surface area contributed by atoms with Crippen molar-refractivity contribution in [3.05, 3.63) is 35.9 Å². The molecule has 3 rings (SSSR count). The predicted molar refractivity (Wildman–Crippen MR) is 84.2 cm³/mol. The fraction of sp³-hybridized carbons (Fsp3) is 0.438. The highest BCUT2D eigenvalue weighted by molar-refractivity contribution is 5.99. The van der Waals surface area contributed by atoms with Crippen molar-refractivity contribution in [2.75, 3.05) is 20.8 Å². The molecule has 122 valence electrons. The molecular weight excluding hydrogens is 296 g/mol. The summed E-state index contributed by atoms with van der Waals surface area (Å²) < 4.78 is 11.0. The number of rotatable bonds is 3. The molecule has 1 fully saturated rings. The highest BCUT2D eigenvalue weighted by atomic mass is 16.5. The fourth-order valence-corrected chi connectivity index (χ4v) is 2.83. The summed E-state index contributed by atoms with van der Waals surface area (Å²) in [4.78, 5) is 17.5. The van der Waals surface area contributed by atoms with E-state index in [1.54, 1.807) is 26.6 Å². The lowest BCUT2D eigenvalue weighted by Gasteiger charge is -2.39. The maximum absolute atomic E-state index is 12.0. The molecule has 1 aromatic heterocycles. The van der Waals surface area contributed by atoms with E-state index in [0.717, 1.165) is 5.56 Å². The molecule has 1 aromatic rings. The molecule has 0 bridgehead atoms. The Morgan fingerprint density at radius 3 is 3.00 bits per heavy atom. The van der Waals surface area contributed by atoms with E-state index in [1.165, 1.54) is 4.90 Å². The molecule has 23 heavy (non-hydrogen) atoms. The number of nitrogens with zero attached hydrogens (tertiary/aromatic N) is 2. The molecule has 7 nitrogen and oxygen atoms in total. The van der Waals surface area contributed by atoms with Crippen LogP contribution in [-0.4, -0.2) is 48.1 Å². The van der Waals surface area contributed by atoms with Gasteiger partial charge in [0.2, 0.25) is 5.91 Å². The lowest BCUT2D eigenvalue weighted by atomic mass is 9.90. The highest BCUT2D eigenvalue weighted by Crippen LogP contribution is 2.35. The molecule has 7 heteroatoms. The third-order valence-electron chi connectivity index (χ3n) is 4.32. The van der Waals surface area contributed by atoms with E-state index in [-0.39, 0.29) is 24.2 Å². The Balaban J connectivity index is 1.84. The van der Waals surface area contributed by atoms with Gasteiger partial charge in [-0.2, -0.15) is 0 Å². The second kappa shape index (κ2) is 5.57. The van der Waals surface area contributed by atoms with E-state index in [0.29, 0.717) is 18.1 Å². The van der Waals surface area contributed by atoms with Crippen LogP contribution in [0.4, 0.5) is 0 Å². The molecule has 0 aromatic carbocycles. The number of hydrogen-bond donors (Lipinski definition) is 2. The Morgan fingerprint density at radius 2 is 2.30 bits per heavy atom. The van der Waals surface area contributed by atoms with Crippen molar-refractivity contribution in [1.82, 2.24) is 15.2 Å². The number of guanidine groups is 1. The molecule has 0 saturated carbocycles. The van der Waals surface area contributed by atoms with Gasteiger partial charge in [0.1, 0.15) is 17.0 Å². The van der Waals surface area contributed by atoms with Crippen molar-refractivity contribution in [1.29, 1.82) is 5.41 Å². The summed E-state index contributed by atoms with van der Waals surface area (Å²) >= 11 is 0. The number of carbonyl (C=O) groups is 1. The van der Waals surface area contributed by atoms with E-state index in [9.17, 15) is 4.79 Å². The Hall–Kier alpha value is -2.57. The normalized spacial score (nSPS) is 27.3. The van der Waals surface area contributed by atoms with Gasteiger partial charge in [-0.3, -0.25) is 20.1 Å². The summed E-state index contributed by atoms with van der Waals surface area (Å²) in [5.41, 5.74) is 0.305. The number of aromatic nitrogens is 1. The number of methoxy groups -OCH3 is 1. The molecule has 2 aliphatic rings. The molecule has 2 aliphatic heterocycles. The first-order valence-electron chi connectivity index (χ1n) is 7.40. The fourth-order valence-electron chi connectivity index (χ4n) is 2.83. The Bertz CT molecular complexity index is 668. The molecule has 3 heterocycles. The summed E-state index contributed by atoms with van der Waals surface area (Å²) in [6.07, 6.45) is 5.69. The molecular formula is C16H20N4O3. The van der Waals surface area contributed by atoms with E-state index < -0.39 is 5.54 Å². The smallest absolute Gasteiger partial charge is 0.231 e. The number of nitrogens with one attached hydrogen (secondary N) is 2. The van der Waals surface area contributed by atoms with Crippen LogP contribution in [-0.2, 0) is 9.53 Å². The predicted octanol–water partition coefficient (Wildman–Crippen LogP) is 1.23. The van der Waals surface area contributed by atoms with Crippen molar-refractivity contribution >= 4 is 11.9 Å². The summed E-state index contributed by atoms with van der Waals surface area (Å²) in [6.45, 7) is 2.36. The largest absolute Gasteiger partial charge is 0.495 e. The first-order chi connectivity index (χ1) is 10.9. The number of carbonyl (C=O) groups excluding carboxylic acids is 1. The molecule has 0 spiro atoms. The zero-order valence-electron chi connectivity index (χ0n) is 13.4. The number of pyridine rings is 1. The van der Waals surface area contributed by atoms with Crippen LogP contribution >= 0.6 is 0 Å². The third-order valence-corrected chi connectivity index (χ3v) is 4.32. The summed E-state index contributed by atoms with van der Waals surface area (Å²) in [5.74, 6) is 1.42. The van der Waals surface area contributed by atoms with Crippen molar-refractivity contribution in [2.45, 2.75) is 24.8 Å². The summed E-state index contributed by atoms with van der Waals surface area (Å²) in [6, 6.07) is 1.93. The molecule has 1 unspecified atom stereocenters. The van der Waals surface area contributed by atoms with E-state index >= 15 is 0 Å². The van der Waals surface area contributed by atoms with E-state index in [4.69, 9.17) is 14.9 Å². The minimum Gasteiger partial charge on any atom is -0.495 e. The van der Waals surface area contributed by atoms with Gasteiger partial charge in [0.15, 0.2) is 5.96 Å². The van der Waals surface area contributed by atoms with Gasteiger partial charge in [-0.1, -0.05) is 0 Å². The van der Waals surface area contributed by atoms with Gasteiger partial charge in [-0.05, 0) is 24.6 Å². The minimum atomic E-state index is -0.693. The maximum atomic E-state index is 12.0. The monoisotopic (exact) mass is 316 g/mol. The first-order valence-corrected chi connectivity index (χ1v) is 7.40. The second-order valence-corrected chi connectivity index (χ2v) is 6.04. The van der Waals surface area contributed by atoms with Crippen LogP contribution in [0.5, 0.6) is 5.75 Å². The van der Waals surface area contributed by atoms with Crippen LogP contribution in [0.3, 0.4) is 0 Å². The van der Waals surface area contributed by atoms with Crippen molar-refractivity contribution in [2.24, 2.45) is 0 Å². The maximum Gasteiger partial charge on any atom is 0.231 e. The number of ether oxygens (including phenoxy) is 2. The van der Waals surface area contributed by atoms with Gasteiger partial charge in [-0.25, -0.2) is 0 Å². The summed E-state index contributed by atoms with van der Waals surface area (Å²) in [5, 5.41) is 11.0. The van der Waals surface area contributed by atoms with E-state index in [1.807, 2.05) is 19.1 Å². The lowest BCUT2D eigenvalue weighted by Crippen LogP contribution is -2.60. The quantitative estimate of drug-likeness (QED) is 0.876. The highest BCUT2D eigenvalue weighted by Gasteiger charge is 2.42. The van der Waals surface area contributed by atoms with Gasteiger partial charge < -0.3 is 14.8 Å². The van der Waals surface area contributed by atoms with Crippen molar-refractivity contribution < 1.29 is 14.3 Å². The van der Waals surface area contributed by atoms with E-state index in [2.05, 4.69) is 10.3 Å². The SMILES string of the molecule is COc1cncc(C2C=C([C@]3(C)CC(=O)N(C)C(=N)N3)OC2)c1. The molecule has 2 atom stereocenters. The summed E-state index contributed by atoms with van der Waals surface area (Å²) in [7, 11) is 3.19. The Kier molecular flexibility index (Phi) is 3.71. The molecule has 1 saturated heterocycles. The second-order valence-electron chi connectivity index (χ2n) is 6.04. The molecule has 2 N–H and O–H groups in total. The van der Waals surface area contributed by atoms with Crippen LogP contribution in [0.25, 0.3) is 0 Å². The topological polar surface area (TPSA) is 87.5 Å². The standard InChI is InChI=1S/C16H20N4O3/c1-16(6-14(21)20(2)15(17)19-16)13-5-11(9-23-13)10-4-12(22-3)8-18-7-10/h4-5,7-8,11H,6,9H2,1-3H3,(H2,17,19)/t11?,16-/m0/s1. The van der Waals surface area contributed by atoms with Gasteiger partial charge in [0.05, 0.1) is 26.3 Å². The van der Waals surface area contributed by atoms with Gasteiger partial charge in [-0.15, -0.1) is 0 Å². The molecule has 1 amide bonds. The van der Waals surface area contributed by atoms with Gasteiger partial charge in [0, 0.05) is 19.2 Å². The van der Waals surface area contributed by atoms with Crippen LogP contribution < -0.4 is 10.1 Å². The molecule has 0 radical (unpaired) electrons. The Labute approximate surface area is 134 Å². The van der Waals surface area contributed by atoms with Crippen molar-refractivity contribution in [3.63, 3.8) is 0 Å². The van der Waals surface area contributed by atoms with Gasteiger partial charge >= 0.3 is 0 Å². The zero-order chi connectivity index (χ0) is 16.6. The number of amides is 1. The lowest BCUT2D eigenvalue weighted by molar-refractivity contribution is -0.129. The Morgan fingerprint density at radius 1 is 1.52 bits per heavy atom. The number of hydrogen-bond acceptors (Lipinski definition) is 5. The molecule has 0 aliphatic carbocycles. The average molecular weight is 316 g/mol. The first kappa shape index (κ1) is 15.3. The van der Waals surface area contributed by atoms with Crippen molar-refractivity contribution in [3.8, 4) is 5.75 Å². The third kappa shape index (κ3) is 2.74. The van der Waals surface area contributed by atoms with Crippen LogP contribution in [0.2, 0.25) is 0 Å². The van der Waals surface area contributed by atoms with Crippen LogP contribution in [0.15, 0.2) is 30.3 Å².